The molecule has 0 radical (unpaired) electrons. The highest BCUT2D eigenvalue weighted by Crippen LogP contribution is 2.21. The number of carbonyl (C=O) groups is 2. The van der Waals surface area contributed by atoms with E-state index in [1.165, 1.54) is 11.6 Å². The number of pyridine rings is 1. The number of anilines is 1. The van der Waals surface area contributed by atoms with E-state index >= 15 is 0 Å². The number of hydrogen-bond donors (Lipinski definition) is 2. The van der Waals surface area contributed by atoms with Crippen molar-refractivity contribution in [3.05, 3.63) is 57.4 Å². The van der Waals surface area contributed by atoms with E-state index in [9.17, 15) is 19.6 Å². The zero-order valence-electron chi connectivity index (χ0n) is 16.6. The lowest BCUT2D eigenvalue weighted by molar-refractivity contribution is -0.144. The van der Waals surface area contributed by atoms with Crippen molar-refractivity contribution in [2.75, 3.05) is 17.7 Å². The Kier molecular flexibility index (Phi) is 8.04. The summed E-state index contributed by atoms with van der Waals surface area (Å²) in [5.41, 5.74) is 2.31. The van der Waals surface area contributed by atoms with Crippen molar-refractivity contribution >= 4 is 29.3 Å². The maximum absolute atomic E-state index is 12.0. The standard InChI is InChI=1S/C21H23N3O4S/c1-4-13(2)15-5-7-16(8-6-15)23-19(26)11-28-20(27)12-29-21-17(10-22)14(3)9-18(25)24-21/h5-9,13H,4,11-12H2,1-3H3,(H,23,26)(H,24,25)/t13-/m1/s1. The third-order valence-corrected chi connectivity index (χ3v) is 5.37. The molecule has 1 aromatic heterocycles. The van der Waals surface area contributed by atoms with Crippen LogP contribution >= 0.6 is 11.8 Å². The van der Waals surface area contributed by atoms with E-state index in [0.29, 0.717) is 27.8 Å². The van der Waals surface area contributed by atoms with Crippen LogP contribution in [0, 0.1) is 18.3 Å². The van der Waals surface area contributed by atoms with Gasteiger partial charge in [-0.15, -0.1) is 0 Å². The van der Waals surface area contributed by atoms with Crippen LogP contribution in [0.1, 0.15) is 42.9 Å². The van der Waals surface area contributed by atoms with Crippen LogP contribution in [0.5, 0.6) is 0 Å². The van der Waals surface area contributed by atoms with Crippen LogP contribution in [-0.2, 0) is 14.3 Å². The molecule has 0 aliphatic carbocycles. The van der Waals surface area contributed by atoms with Gasteiger partial charge < -0.3 is 15.0 Å². The van der Waals surface area contributed by atoms with Gasteiger partial charge in [0.15, 0.2) is 6.61 Å². The molecule has 1 heterocycles. The zero-order valence-corrected chi connectivity index (χ0v) is 17.4. The average Bonchev–Trinajstić information content (AvgIpc) is 2.70. The first-order chi connectivity index (χ1) is 13.8. The largest absolute Gasteiger partial charge is 0.455 e. The molecule has 1 amide bonds. The molecule has 2 rings (SSSR count). The van der Waals surface area contributed by atoms with E-state index in [1.54, 1.807) is 6.92 Å². The van der Waals surface area contributed by atoms with Crippen LogP contribution in [0.3, 0.4) is 0 Å². The Balaban J connectivity index is 1.83. The summed E-state index contributed by atoms with van der Waals surface area (Å²) in [7, 11) is 0. The van der Waals surface area contributed by atoms with Crippen LogP contribution < -0.4 is 10.9 Å². The lowest BCUT2D eigenvalue weighted by Gasteiger charge is -2.11. The number of nitrogens with zero attached hydrogens (tertiary/aromatic N) is 1. The number of nitrogens with one attached hydrogen (secondary N) is 2. The molecule has 0 saturated heterocycles. The minimum absolute atomic E-state index is 0.134. The highest BCUT2D eigenvalue weighted by molar-refractivity contribution is 7.99. The van der Waals surface area contributed by atoms with E-state index < -0.39 is 18.5 Å². The van der Waals surface area contributed by atoms with Gasteiger partial charge in [0.2, 0.25) is 5.56 Å². The van der Waals surface area contributed by atoms with E-state index in [4.69, 9.17) is 4.74 Å². The highest BCUT2D eigenvalue weighted by atomic mass is 32.2. The molecular weight excluding hydrogens is 390 g/mol. The van der Waals surface area contributed by atoms with Crippen LogP contribution in [0.25, 0.3) is 0 Å². The molecule has 0 saturated carbocycles. The molecule has 1 atom stereocenters. The smallest absolute Gasteiger partial charge is 0.316 e. The molecule has 0 spiro atoms. The van der Waals surface area contributed by atoms with Crippen molar-refractivity contribution in [2.24, 2.45) is 0 Å². The maximum atomic E-state index is 12.0. The van der Waals surface area contributed by atoms with Gasteiger partial charge in [-0.2, -0.15) is 5.26 Å². The summed E-state index contributed by atoms with van der Waals surface area (Å²) in [6.45, 7) is 5.49. The van der Waals surface area contributed by atoms with Crippen LogP contribution in [0.2, 0.25) is 0 Å². The fraction of sp³-hybridized carbons (Fsp3) is 0.333. The van der Waals surface area contributed by atoms with Crippen molar-refractivity contribution < 1.29 is 14.3 Å². The first-order valence-corrected chi connectivity index (χ1v) is 10.1. The summed E-state index contributed by atoms with van der Waals surface area (Å²) < 4.78 is 4.96. The first kappa shape index (κ1) is 22.2. The number of rotatable bonds is 8. The Morgan fingerprint density at radius 2 is 2.00 bits per heavy atom. The van der Waals surface area contributed by atoms with Gasteiger partial charge in [0.25, 0.3) is 5.91 Å². The molecule has 0 unspecified atom stereocenters. The molecular formula is C21H23N3O4S. The number of ether oxygens (including phenoxy) is 1. The van der Waals surface area contributed by atoms with Gasteiger partial charge in [0.05, 0.1) is 16.3 Å². The molecule has 0 bridgehead atoms. The van der Waals surface area contributed by atoms with Gasteiger partial charge in [0.1, 0.15) is 6.07 Å². The van der Waals surface area contributed by atoms with Crippen molar-refractivity contribution in [3.8, 4) is 6.07 Å². The monoisotopic (exact) mass is 413 g/mol. The predicted octanol–water partition coefficient (Wildman–Crippen LogP) is 3.34. The Bertz CT molecular complexity index is 977. The fourth-order valence-electron chi connectivity index (χ4n) is 2.55. The molecule has 0 aliphatic heterocycles. The SMILES string of the molecule is CC[C@@H](C)c1ccc(NC(=O)COC(=O)CSc2[nH]c(=O)cc(C)c2C#N)cc1. The quantitative estimate of drug-likeness (QED) is 0.507. The van der Waals surface area contributed by atoms with Gasteiger partial charge >= 0.3 is 5.97 Å². The summed E-state index contributed by atoms with van der Waals surface area (Å²) in [6.07, 6.45) is 1.03. The summed E-state index contributed by atoms with van der Waals surface area (Å²) in [5, 5.41) is 12.2. The molecule has 1 aromatic carbocycles. The normalized spacial score (nSPS) is 11.4. The van der Waals surface area contributed by atoms with Gasteiger partial charge in [0, 0.05) is 11.8 Å². The number of aromatic nitrogens is 1. The van der Waals surface area contributed by atoms with E-state index in [0.717, 1.165) is 18.2 Å². The van der Waals surface area contributed by atoms with Gasteiger partial charge in [-0.3, -0.25) is 14.4 Å². The number of aryl methyl sites for hydroxylation is 1. The maximum Gasteiger partial charge on any atom is 0.316 e. The predicted molar refractivity (Wildman–Crippen MR) is 112 cm³/mol. The second-order valence-electron chi connectivity index (χ2n) is 6.56. The third kappa shape index (κ3) is 6.50. The lowest BCUT2D eigenvalue weighted by Crippen LogP contribution is -2.21. The van der Waals surface area contributed by atoms with Crippen molar-refractivity contribution in [1.29, 1.82) is 5.26 Å². The van der Waals surface area contributed by atoms with Crippen LogP contribution in [-0.4, -0.2) is 29.2 Å². The summed E-state index contributed by atoms with van der Waals surface area (Å²) in [4.78, 5) is 37.9. The van der Waals surface area contributed by atoms with Crippen LogP contribution in [0.4, 0.5) is 5.69 Å². The number of benzene rings is 1. The molecule has 2 N–H and O–H groups in total. The number of H-pyrrole nitrogens is 1. The fourth-order valence-corrected chi connectivity index (χ4v) is 3.42. The van der Waals surface area contributed by atoms with Gasteiger partial charge in [-0.05, 0) is 42.5 Å². The number of carbonyl (C=O) groups excluding carboxylic acids is 2. The number of esters is 1. The van der Waals surface area contributed by atoms with Crippen molar-refractivity contribution in [2.45, 2.75) is 38.1 Å². The molecule has 0 fully saturated rings. The minimum atomic E-state index is -0.622. The van der Waals surface area contributed by atoms with Crippen LogP contribution in [0.15, 0.2) is 40.2 Å². The summed E-state index contributed by atoms with van der Waals surface area (Å²) in [5.74, 6) is -0.752. The Labute approximate surface area is 173 Å². The van der Waals surface area contributed by atoms with Gasteiger partial charge in [-0.1, -0.05) is 37.7 Å². The number of amides is 1. The molecule has 0 aliphatic rings. The van der Waals surface area contributed by atoms with E-state index in [2.05, 4.69) is 24.1 Å². The Morgan fingerprint density at radius 1 is 1.31 bits per heavy atom. The minimum Gasteiger partial charge on any atom is -0.455 e. The number of nitriles is 1. The Hall–Kier alpha value is -3.05. The zero-order chi connectivity index (χ0) is 21.4. The van der Waals surface area contributed by atoms with Gasteiger partial charge in [-0.25, -0.2) is 0 Å². The summed E-state index contributed by atoms with van der Waals surface area (Å²) >= 11 is 0.986. The van der Waals surface area contributed by atoms with Crippen molar-refractivity contribution in [1.82, 2.24) is 4.98 Å². The highest BCUT2D eigenvalue weighted by Gasteiger charge is 2.13. The molecule has 29 heavy (non-hydrogen) atoms. The molecule has 2 aromatic rings. The summed E-state index contributed by atoms with van der Waals surface area (Å²) in [6, 6.07) is 10.9. The molecule has 8 heteroatoms. The number of thioether (sulfide) groups is 1. The van der Waals surface area contributed by atoms with E-state index in [1.807, 2.05) is 30.3 Å². The number of hydrogen-bond acceptors (Lipinski definition) is 6. The third-order valence-electron chi connectivity index (χ3n) is 4.39. The average molecular weight is 413 g/mol. The second kappa shape index (κ2) is 10.5. The molecule has 7 nitrogen and oxygen atoms in total. The second-order valence-corrected chi connectivity index (χ2v) is 7.55. The first-order valence-electron chi connectivity index (χ1n) is 9.16. The number of aromatic amines is 1. The topological polar surface area (TPSA) is 112 Å². The molecule has 152 valence electrons. The lowest BCUT2D eigenvalue weighted by atomic mass is 9.99. The van der Waals surface area contributed by atoms with E-state index in [-0.39, 0.29) is 11.3 Å². The van der Waals surface area contributed by atoms with Crippen molar-refractivity contribution in [3.63, 3.8) is 0 Å². The Morgan fingerprint density at radius 3 is 2.62 bits per heavy atom.